The van der Waals surface area contributed by atoms with E-state index in [2.05, 4.69) is 19.9 Å². The zero-order valence-corrected chi connectivity index (χ0v) is 15.2. The maximum atomic E-state index is 12.4. The number of carbonyl (C=O) groups excluding carboxylic acids is 1. The Bertz CT molecular complexity index is 1030. The van der Waals surface area contributed by atoms with Crippen molar-refractivity contribution >= 4 is 28.6 Å². The van der Waals surface area contributed by atoms with E-state index in [1.165, 1.54) is 22.7 Å². The average Bonchev–Trinajstić information content (AvgIpc) is 3.40. The van der Waals surface area contributed by atoms with Gasteiger partial charge in [0.25, 0.3) is 0 Å². The summed E-state index contributed by atoms with van der Waals surface area (Å²) in [5.41, 5.74) is 1.26. The van der Waals surface area contributed by atoms with E-state index in [-0.39, 0.29) is 6.61 Å². The lowest BCUT2D eigenvalue weighted by Gasteiger charge is -2.00. The van der Waals surface area contributed by atoms with Gasteiger partial charge in [0.05, 0.1) is 17.7 Å². The second kappa shape index (κ2) is 7.14. The molecule has 0 aliphatic carbocycles. The highest BCUT2D eigenvalue weighted by molar-refractivity contribution is 7.17. The maximum Gasteiger partial charge on any atom is 0.350 e. The van der Waals surface area contributed by atoms with Crippen LogP contribution in [0.2, 0.25) is 0 Å². The van der Waals surface area contributed by atoms with Gasteiger partial charge in [-0.25, -0.2) is 24.7 Å². The number of rotatable bonds is 5. The van der Waals surface area contributed by atoms with Gasteiger partial charge in [-0.1, -0.05) is 0 Å². The summed E-state index contributed by atoms with van der Waals surface area (Å²) >= 11 is 2.65. The number of carbonyl (C=O) groups is 1. The predicted molar refractivity (Wildman–Crippen MR) is 96.8 cm³/mol. The van der Waals surface area contributed by atoms with Crippen LogP contribution in [0.3, 0.4) is 0 Å². The topological polar surface area (TPSA) is 91.0 Å². The lowest BCUT2D eigenvalue weighted by molar-refractivity contribution is 0.0473. The van der Waals surface area contributed by atoms with Crippen LogP contribution in [0, 0.1) is 6.92 Å². The number of hydrogen-bond donors (Lipinski definition) is 0. The fraction of sp³-hybridized carbons (Fsp3) is 0.118. The number of aryl methyl sites for hydroxylation is 1. The fourth-order valence-electron chi connectivity index (χ4n) is 2.18. The number of thiazole rings is 2. The molecule has 0 saturated heterocycles. The van der Waals surface area contributed by atoms with Crippen molar-refractivity contribution in [1.29, 1.82) is 0 Å². The first-order valence-electron chi connectivity index (χ1n) is 7.61. The largest absolute Gasteiger partial charge is 0.462 e. The minimum absolute atomic E-state index is 0.0878. The normalized spacial score (nSPS) is 10.8. The van der Waals surface area contributed by atoms with Crippen LogP contribution in [-0.4, -0.2) is 25.9 Å². The lowest BCUT2D eigenvalue weighted by atomic mass is 10.4. The molecule has 130 valence electrons. The Labute approximate surface area is 156 Å². The molecule has 0 aromatic carbocycles. The number of aromatic nitrogens is 4. The second-order valence-corrected chi connectivity index (χ2v) is 7.06. The Balaban J connectivity index is 1.45. The molecule has 4 aromatic rings. The van der Waals surface area contributed by atoms with Crippen molar-refractivity contribution in [1.82, 2.24) is 19.9 Å². The predicted octanol–water partition coefficient (Wildman–Crippen LogP) is 3.98. The molecule has 0 aliphatic heterocycles. The fourth-order valence-corrected chi connectivity index (χ4v) is 3.86. The van der Waals surface area contributed by atoms with E-state index in [0.29, 0.717) is 32.9 Å². The molecule has 0 amide bonds. The molecular weight excluding hydrogens is 372 g/mol. The average molecular weight is 384 g/mol. The minimum atomic E-state index is -0.435. The van der Waals surface area contributed by atoms with Gasteiger partial charge >= 0.3 is 5.97 Å². The number of ether oxygens (including phenoxy) is 1. The monoisotopic (exact) mass is 384 g/mol. The van der Waals surface area contributed by atoms with Crippen LogP contribution in [0.25, 0.3) is 21.6 Å². The van der Waals surface area contributed by atoms with E-state index in [9.17, 15) is 4.79 Å². The summed E-state index contributed by atoms with van der Waals surface area (Å²) in [5, 5.41) is 3.18. The van der Waals surface area contributed by atoms with E-state index in [0.717, 1.165) is 5.01 Å². The van der Waals surface area contributed by atoms with Gasteiger partial charge in [0.2, 0.25) is 0 Å². The number of esters is 1. The molecule has 0 unspecified atom stereocenters. The number of hydrogen-bond acceptors (Lipinski definition) is 9. The highest BCUT2D eigenvalue weighted by Crippen LogP contribution is 2.27. The molecule has 26 heavy (non-hydrogen) atoms. The summed E-state index contributed by atoms with van der Waals surface area (Å²) in [7, 11) is 0. The summed E-state index contributed by atoms with van der Waals surface area (Å²) in [6, 6.07) is 5.36. The first kappa shape index (κ1) is 16.6. The Morgan fingerprint density at radius 1 is 1.19 bits per heavy atom. The van der Waals surface area contributed by atoms with E-state index in [1.54, 1.807) is 37.7 Å². The Kier molecular flexibility index (Phi) is 4.55. The molecule has 4 aromatic heterocycles. The van der Waals surface area contributed by atoms with Crippen LogP contribution < -0.4 is 0 Å². The molecule has 0 aliphatic rings. The molecule has 0 atom stereocenters. The van der Waals surface area contributed by atoms with E-state index in [4.69, 9.17) is 9.15 Å². The minimum Gasteiger partial charge on any atom is -0.462 e. The zero-order valence-electron chi connectivity index (χ0n) is 13.6. The van der Waals surface area contributed by atoms with Crippen molar-refractivity contribution in [3.05, 3.63) is 58.5 Å². The third-order valence-electron chi connectivity index (χ3n) is 3.37. The van der Waals surface area contributed by atoms with Crippen molar-refractivity contribution in [2.45, 2.75) is 13.5 Å². The first-order chi connectivity index (χ1) is 12.7. The van der Waals surface area contributed by atoms with Gasteiger partial charge in [-0.05, 0) is 25.1 Å². The Morgan fingerprint density at radius 3 is 2.81 bits per heavy atom. The van der Waals surface area contributed by atoms with E-state index >= 15 is 0 Å². The van der Waals surface area contributed by atoms with Gasteiger partial charge in [0.15, 0.2) is 21.6 Å². The molecule has 0 fully saturated rings. The van der Waals surface area contributed by atoms with Gasteiger partial charge in [-0.3, -0.25) is 0 Å². The van der Waals surface area contributed by atoms with Crippen LogP contribution in [0.15, 0.2) is 46.7 Å². The summed E-state index contributed by atoms with van der Waals surface area (Å²) < 4.78 is 10.7. The van der Waals surface area contributed by atoms with Crippen molar-refractivity contribution in [3.63, 3.8) is 0 Å². The molecule has 0 saturated carbocycles. The number of furan rings is 1. The third-order valence-corrected chi connectivity index (χ3v) is 5.41. The quantitative estimate of drug-likeness (QED) is 0.481. The molecule has 0 spiro atoms. The number of nitrogens with zero attached hydrogens (tertiary/aromatic N) is 4. The molecular formula is C17H12N4O3S2. The molecule has 4 rings (SSSR count). The van der Waals surface area contributed by atoms with Crippen LogP contribution in [0.1, 0.15) is 21.1 Å². The Hall–Kier alpha value is -2.91. The molecule has 4 heterocycles. The summed E-state index contributed by atoms with van der Waals surface area (Å²) in [6.45, 7) is 1.85. The van der Waals surface area contributed by atoms with Crippen LogP contribution >= 0.6 is 22.7 Å². The molecule has 0 N–H and O–H groups in total. The standard InChI is InChI=1S/C17H12N4O3S2/c1-10-13(26-16(20-10)14-18-5-3-6-19-14)17(22)24-8-11-9-25-15(21-11)12-4-2-7-23-12/h2-7,9H,8H2,1H3. The van der Waals surface area contributed by atoms with Crippen molar-refractivity contribution in [2.75, 3.05) is 0 Å². The van der Waals surface area contributed by atoms with Gasteiger partial charge in [-0.15, -0.1) is 22.7 Å². The van der Waals surface area contributed by atoms with Crippen LogP contribution in [-0.2, 0) is 11.3 Å². The van der Waals surface area contributed by atoms with E-state index < -0.39 is 5.97 Å². The van der Waals surface area contributed by atoms with Gasteiger partial charge in [0, 0.05) is 17.8 Å². The third kappa shape index (κ3) is 3.39. The van der Waals surface area contributed by atoms with Gasteiger partial charge in [0.1, 0.15) is 11.5 Å². The SMILES string of the molecule is Cc1nc(-c2ncccn2)sc1C(=O)OCc1csc(-c2ccco2)n1. The Morgan fingerprint density at radius 2 is 2.04 bits per heavy atom. The van der Waals surface area contributed by atoms with Crippen LogP contribution in [0.4, 0.5) is 0 Å². The van der Waals surface area contributed by atoms with Crippen molar-refractivity contribution in [3.8, 4) is 21.6 Å². The van der Waals surface area contributed by atoms with Gasteiger partial charge in [-0.2, -0.15) is 0 Å². The highest BCUT2D eigenvalue weighted by Gasteiger charge is 2.19. The van der Waals surface area contributed by atoms with Crippen LogP contribution in [0.5, 0.6) is 0 Å². The molecule has 0 bridgehead atoms. The van der Waals surface area contributed by atoms with Gasteiger partial charge < -0.3 is 9.15 Å². The van der Waals surface area contributed by atoms with E-state index in [1.807, 2.05) is 11.4 Å². The van der Waals surface area contributed by atoms with Crippen molar-refractivity contribution in [2.24, 2.45) is 0 Å². The highest BCUT2D eigenvalue weighted by atomic mass is 32.1. The zero-order chi connectivity index (χ0) is 17.9. The maximum absolute atomic E-state index is 12.4. The summed E-state index contributed by atoms with van der Waals surface area (Å²) in [5.74, 6) is 0.746. The van der Waals surface area contributed by atoms with Crippen molar-refractivity contribution < 1.29 is 13.9 Å². The second-order valence-electron chi connectivity index (χ2n) is 5.20. The smallest absolute Gasteiger partial charge is 0.350 e. The molecule has 7 nitrogen and oxygen atoms in total. The summed E-state index contributed by atoms with van der Waals surface area (Å²) in [4.78, 5) is 29.9. The lowest BCUT2D eigenvalue weighted by Crippen LogP contribution is -2.05. The molecule has 9 heteroatoms. The first-order valence-corrected chi connectivity index (χ1v) is 9.30. The molecule has 0 radical (unpaired) electrons. The summed E-state index contributed by atoms with van der Waals surface area (Å²) in [6.07, 6.45) is 4.86.